The lowest BCUT2D eigenvalue weighted by molar-refractivity contribution is -0.133. The van der Waals surface area contributed by atoms with Gasteiger partial charge in [0.05, 0.1) is 24.2 Å². The van der Waals surface area contributed by atoms with Gasteiger partial charge in [-0.15, -0.1) is 0 Å². The van der Waals surface area contributed by atoms with E-state index in [-0.39, 0.29) is 23.7 Å². The van der Waals surface area contributed by atoms with E-state index in [1.54, 1.807) is 6.08 Å². The Hall–Kier alpha value is -4.30. The van der Waals surface area contributed by atoms with Gasteiger partial charge in [0.15, 0.2) is 0 Å². The topological polar surface area (TPSA) is 130 Å². The average Bonchev–Trinajstić information content (AvgIpc) is 3.65. The molecule has 5 rings (SSSR count). The predicted octanol–water partition coefficient (Wildman–Crippen LogP) is 5.77. The molecule has 2 atom stereocenters. The first-order chi connectivity index (χ1) is 23.4. The highest BCUT2D eigenvalue weighted by Crippen LogP contribution is 2.28. The molecule has 252 valence electrons. The summed E-state index contributed by atoms with van der Waals surface area (Å²) in [5.41, 5.74) is 5.06. The maximum atomic E-state index is 13.2. The number of benzene rings is 1. The summed E-state index contributed by atoms with van der Waals surface area (Å²) in [6.07, 6.45) is 19.6. The second kappa shape index (κ2) is 17.2. The molecule has 1 unspecified atom stereocenters. The van der Waals surface area contributed by atoms with E-state index in [0.717, 1.165) is 53.8 Å². The van der Waals surface area contributed by atoms with E-state index >= 15 is 0 Å². The minimum absolute atomic E-state index is 0.0609. The molecule has 0 aliphatic carbocycles. The van der Waals surface area contributed by atoms with Gasteiger partial charge in [-0.05, 0) is 66.0 Å². The molecule has 2 aromatic rings. The summed E-state index contributed by atoms with van der Waals surface area (Å²) in [5.74, 6) is 0.109. The molecule has 1 aromatic carbocycles. The van der Waals surface area contributed by atoms with Gasteiger partial charge in [0.25, 0.3) is 0 Å². The van der Waals surface area contributed by atoms with E-state index in [4.69, 9.17) is 5.21 Å². The summed E-state index contributed by atoms with van der Waals surface area (Å²) in [7, 11) is 0. The van der Waals surface area contributed by atoms with Crippen LogP contribution < -0.4 is 5.32 Å². The molecule has 2 fully saturated rings. The van der Waals surface area contributed by atoms with Gasteiger partial charge in [0.1, 0.15) is 5.69 Å². The Morgan fingerprint density at radius 2 is 2.00 bits per heavy atom. The zero-order chi connectivity index (χ0) is 33.9. The molecule has 0 saturated carbocycles. The highest BCUT2D eigenvalue weighted by atomic mass is 127. The predicted molar refractivity (Wildman–Crippen MR) is 201 cm³/mol. The lowest BCUT2D eigenvalue weighted by Crippen LogP contribution is -2.50. The van der Waals surface area contributed by atoms with E-state index in [0.29, 0.717) is 50.5 Å². The van der Waals surface area contributed by atoms with Crippen LogP contribution in [0.15, 0.2) is 93.4 Å². The molecule has 4 heterocycles. The highest BCUT2D eigenvalue weighted by molar-refractivity contribution is 14.1. The molecule has 2 amide bonds. The van der Waals surface area contributed by atoms with Crippen LogP contribution in [0.25, 0.3) is 16.5 Å². The number of aromatic nitrogens is 2. The van der Waals surface area contributed by atoms with Gasteiger partial charge in [0.2, 0.25) is 11.8 Å². The first kappa shape index (κ1) is 35.0. The molecule has 11 nitrogen and oxygen atoms in total. The molecule has 0 spiro atoms. The minimum atomic E-state index is -0.203. The van der Waals surface area contributed by atoms with Crippen molar-refractivity contribution in [2.24, 2.45) is 22.0 Å². The van der Waals surface area contributed by atoms with Crippen LogP contribution >= 0.6 is 22.6 Å². The quantitative estimate of drug-likeness (QED) is 0.0829. The van der Waals surface area contributed by atoms with Crippen molar-refractivity contribution in [2.75, 3.05) is 51.1 Å². The van der Waals surface area contributed by atoms with Gasteiger partial charge in [-0.25, -0.2) is 0 Å². The van der Waals surface area contributed by atoms with E-state index in [9.17, 15) is 9.59 Å². The Morgan fingerprint density at radius 3 is 2.77 bits per heavy atom. The van der Waals surface area contributed by atoms with E-state index in [2.05, 4.69) is 89.8 Å². The zero-order valence-corrected chi connectivity index (χ0v) is 29.4. The number of fused-ring (bicyclic) bond motifs is 1. The average molecular weight is 763 g/mol. The van der Waals surface area contributed by atoms with Crippen LogP contribution in [0.2, 0.25) is 0 Å². The van der Waals surface area contributed by atoms with Crippen LogP contribution in [0, 0.1) is 11.8 Å². The molecule has 12 heteroatoms. The second-order valence-electron chi connectivity index (χ2n) is 12.0. The molecule has 3 N–H and O–H groups in total. The molecule has 0 radical (unpaired) electrons. The van der Waals surface area contributed by atoms with E-state index < -0.39 is 0 Å². The summed E-state index contributed by atoms with van der Waals surface area (Å²) in [6.45, 7) is 10.8. The van der Waals surface area contributed by atoms with Crippen LogP contribution in [0.3, 0.4) is 0 Å². The number of hydrogen-bond donors (Lipinski definition) is 3. The number of rotatable bonds is 12. The van der Waals surface area contributed by atoms with Crippen LogP contribution in [-0.4, -0.2) is 99.7 Å². The fourth-order valence-electron chi connectivity index (χ4n) is 6.25. The first-order valence-electron chi connectivity index (χ1n) is 16.3. The first-order valence-corrected chi connectivity index (χ1v) is 17.6. The van der Waals surface area contributed by atoms with Crippen molar-refractivity contribution in [3.8, 4) is 0 Å². The van der Waals surface area contributed by atoms with E-state index in [1.807, 2.05) is 51.6 Å². The summed E-state index contributed by atoms with van der Waals surface area (Å²) in [4.78, 5) is 37.3. The Morgan fingerprint density at radius 1 is 1.19 bits per heavy atom. The smallest absolute Gasteiger partial charge is 0.236 e. The lowest BCUT2D eigenvalue weighted by atomic mass is 9.96. The fourth-order valence-corrected chi connectivity index (χ4v) is 6.63. The Kier molecular flexibility index (Phi) is 12.5. The van der Waals surface area contributed by atoms with Crippen molar-refractivity contribution >= 4 is 68.5 Å². The number of halogens is 1. The largest absolute Gasteiger partial charge is 0.411 e. The van der Waals surface area contributed by atoms with E-state index in [1.165, 1.54) is 6.21 Å². The van der Waals surface area contributed by atoms with Gasteiger partial charge in [0, 0.05) is 79.3 Å². The minimum Gasteiger partial charge on any atom is -0.411 e. The van der Waals surface area contributed by atoms with Gasteiger partial charge >= 0.3 is 0 Å². The van der Waals surface area contributed by atoms with Crippen LogP contribution in [0.4, 0.5) is 5.69 Å². The molecular weight excluding hydrogens is 719 g/mol. The molecule has 0 bridgehead atoms. The summed E-state index contributed by atoms with van der Waals surface area (Å²) >= 11 is 2.12. The summed E-state index contributed by atoms with van der Waals surface area (Å²) < 4.78 is 1.85. The number of hydrogen-bond acceptors (Lipinski definition) is 8. The molecule has 3 aliphatic heterocycles. The number of carbonyl (C=O) groups excluding carboxylic acids is 2. The lowest BCUT2D eigenvalue weighted by Gasteiger charge is -2.37. The molecular formula is C36H43IN8O3. The fraction of sp³-hybridized carbons (Fsp3) is 0.361. The van der Waals surface area contributed by atoms with Crippen molar-refractivity contribution < 1.29 is 14.8 Å². The number of allylic oxidation sites excluding steroid dienone is 8. The summed E-state index contributed by atoms with van der Waals surface area (Å²) in [5, 5.41) is 23.3. The van der Waals surface area contributed by atoms with Gasteiger partial charge in [-0.2, -0.15) is 5.10 Å². The van der Waals surface area contributed by atoms with Gasteiger partial charge < -0.3 is 20.3 Å². The zero-order valence-electron chi connectivity index (χ0n) is 27.3. The number of H-pyrrole nitrogens is 1. The standard InChI is InChI=1S/C36H43IN8O3/c1-3-27(32-7-5-4-6-16-38-32)9-8-26(2)44-19-21-45(22-20-44)34(46)25-43-18-14-29(24-43)36(47)40-30-10-11-33-31(23-30)35(42-41-33)28(12-15-37)13-17-39-48/h4-6,8-13,15-17,23,27,29,48H,2-3,7,14,18-22,24-25H2,1H3,(H,40,47)(H,41,42)/b9-8-,15-12-,28-13+,39-17+/t27?,29-/m1/s1. The number of oxime groups is 1. The van der Waals surface area contributed by atoms with Crippen molar-refractivity contribution in [1.29, 1.82) is 0 Å². The molecule has 3 aliphatic rings. The van der Waals surface area contributed by atoms with Crippen LogP contribution in [0.1, 0.15) is 31.9 Å². The number of nitrogens with one attached hydrogen (secondary N) is 2. The number of carbonyl (C=O) groups is 2. The number of piperazine rings is 1. The molecule has 48 heavy (non-hydrogen) atoms. The van der Waals surface area contributed by atoms with Crippen LogP contribution in [0.5, 0.6) is 0 Å². The van der Waals surface area contributed by atoms with Crippen LogP contribution in [-0.2, 0) is 9.59 Å². The number of anilines is 1. The maximum Gasteiger partial charge on any atom is 0.236 e. The van der Waals surface area contributed by atoms with Crippen molar-refractivity contribution in [3.05, 3.63) is 89.0 Å². The number of amides is 2. The molecule has 1 aromatic heterocycles. The Bertz CT molecular complexity index is 1690. The van der Waals surface area contributed by atoms with Gasteiger partial charge in [-0.1, -0.05) is 59.5 Å². The normalized spacial score (nSPS) is 19.9. The third kappa shape index (κ3) is 8.98. The monoisotopic (exact) mass is 762 g/mol. The van der Waals surface area contributed by atoms with Gasteiger partial charge in [-0.3, -0.25) is 24.6 Å². The van der Waals surface area contributed by atoms with Crippen molar-refractivity contribution in [1.82, 2.24) is 24.9 Å². The second-order valence-corrected chi connectivity index (χ2v) is 12.8. The highest BCUT2D eigenvalue weighted by Gasteiger charge is 2.31. The number of aliphatic imine (C=N–C) groups is 1. The summed E-state index contributed by atoms with van der Waals surface area (Å²) in [6, 6.07) is 5.62. The third-order valence-corrected chi connectivity index (χ3v) is 9.36. The van der Waals surface area contributed by atoms with Crippen molar-refractivity contribution in [3.63, 3.8) is 0 Å². The third-order valence-electron chi connectivity index (χ3n) is 9.00. The number of aromatic amines is 1. The maximum absolute atomic E-state index is 13.2. The molecule has 2 saturated heterocycles. The Labute approximate surface area is 295 Å². The number of likely N-dealkylation sites (tertiary alicyclic amines) is 1. The number of nitrogens with zero attached hydrogens (tertiary/aromatic N) is 6. The van der Waals surface area contributed by atoms with Crippen molar-refractivity contribution in [2.45, 2.75) is 26.2 Å². The Balaban J connectivity index is 1.09. The SMILES string of the molecule is C=C(/C=C\C(CC)C1=NC=CC=CC1)N1CCN(C(=O)CN2CC[C@@H](C(=O)Nc3ccc4[nH]nc(C(/C=C\I)=C/C=N/O)c4c3)C2)CC1.